The Balaban J connectivity index is 2.82. The molecule has 6 nitrogen and oxygen atoms in total. The molecule has 0 aromatic heterocycles. The second-order valence-electron chi connectivity index (χ2n) is 5.55. The highest BCUT2D eigenvalue weighted by atomic mass is 32.2. The molecule has 0 aromatic rings. The van der Waals surface area contributed by atoms with E-state index in [9.17, 15) is 13.2 Å². The third kappa shape index (κ3) is 3.90. The molecule has 1 aliphatic rings. The van der Waals surface area contributed by atoms with Crippen LogP contribution in [-0.4, -0.2) is 67.6 Å². The maximum atomic E-state index is 12.4. The van der Waals surface area contributed by atoms with Gasteiger partial charge in [0.05, 0.1) is 6.61 Å². The van der Waals surface area contributed by atoms with Crippen LogP contribution in [0.2, 0.25) is 0 Å². The number of carbonyl (C=O) groups excluding carboxylic acids is 1. The summed E-state index contributed by atoms with van der Waals surface area (Å²) in [5.41, 5.74) is 0. The van der Waals surface area contributed by atoms with Gasteiger partial charge in [-0.05, 0) is 33.2 Å². The second kappa shape index (κ2) is 6.19. The second-order valence-corrected chi connectivity index (χ2v) is 8.12. The molecular formula is C12H24N2O4S. The van der Waals surface area contributed by atoms with Gasteiger partial charge in [0, 0.05) is 25.4 Å². The zero-order valence-electron chi connectivity index (χ0n) is 11.8. The summed E-state index contributed by atoms with van der Waals surface area (Å²) in [6.45, 7) is 4.18. The maximum Gasteiger partial charge on any atom is 0.243 e. The lowest BCUT2D eigenvalue weighted by molar-refractivity contribution is -0.134. The summed E-state index contributed by atoms with van der Waals surface area (Å²) in [7, 11) is -3.49. The molecule has 1 fully saturated rings. The highest BCUT2D eigenvalue weighted by Crippen LogP contribution is 2.19. The van der Waals surface area contributed by atoms with Crippen LogP contribution in [0.1, 0.15) is 26.7 Å². The van der Waals surface area contributed by atoms with Crippen LogP contribution in [0.4, 0.5) is 0 Å². The Morgan fingerprint density at radius 3 is 2.53 bits per heavy atom. The number of rotatable bonds is 6. The zero-order chi connectivity index (χ0) is 14.7. The van der Waals surface area contributed by atoms with Gasteiger partial charge in [-0.1, -0.05) is 0 Å². The van der Waals surface area contributed by atoms with Gasteiger partial charge in [-0.3, -0.25) is 4.79 Å². The Hall–Kier alpha value is -0.660. The highest BCUT2D eigenvalue weighted by Gasteiger charge is 2.41. The van der Waals surface area contributed by atoms with Crippen molar-refractivity contribution in [1.29, 1.82) is 0 Å². The van der Waals surface area contributed by atoms with E-state index in [1.54, 1.807) is 0 Å². The first-order valence-electron chi connectivity index (χ1n) is 6.53. The van der Waals surface area contributed by atoms with Crippen LogP contribution in [0.5, 0.6) is 0 Å². The van der Waals surface area contributed by atoms with Crippen LogP contribution in [0.15, 0.2) is 0 Å². The van der Waals surface area contributed by atoms with Gasteiger partial charge in [0.25, 0.3) is 0 Å². The van der Waals surface area contributed by atoms with Gasteiger partial charge in [-0.15, -0.1) is 0 Å². The Kier molecular flexibility index (Phi) is 5.34. The third-order valence-corrected chi connectivity index (χ3v) is 5.73. The van der Waals surface area contributed by atoms with Gasteiger partial charge < -0.3 is 15.3 Å². The fraction of sp³-hybridized carbons (Fsp3) is 0.917. The van der Waals surface area contributed by atoms with Gasteiger partial charge in [0.2, 0.25) is 5.91 Å². The monoisotopic (exact) mass is 292 g/mol. The summed E-state index contributed by atoms with van der Waals surface area (Å²) in [5.74, 6) is -0.447. The average Bonchev–Trinajstić information content (AvgIpc) is 2.78. The van der Waals surface area contributed by atoms with Crippen molar-refractivity contribution < 1.29 is 18.3 Å². The van der Waals surface area contributed by atoms with E-state index >= 15 is 0 Å². The normalized spacial score (nSPS) is 20.5. The standard InChI is InChI=1S/C12H24N2O4S/c1-12(2,19(3,17)18)11(16)14(7-8-15)9-10-5-4-6-13-10/h10,13,15H,4-9H2,1-3H3. The third-order valence-electron chi connectivity index (χ3n) is 3.70. The molecule has 1 saturated heterocycles. The van der Waals surface area contributed by atoms with Crippen LogP contribution in [-0.2, 0) is 14.6 Å². The molecule has 19 heavy (non-hydrogen) atoms. The number of hydrogen-bond acceptors (Lipinski definition) is 5. The SMILES string of the molecule is CC(C)(C(=O)N(CCO)CC1CCCN1)S(C)(=O)=O. The van der Waals surface area contributed by atoms with Crippen LogP contribution in [0.3, 0.4) is 0 Å². The molecule has 0 aromatic carbocycles. The molecule has 1 rings (SSSR count). The van der Waals surface area contributed by atoms with E-state index in [1.165, 1.54) is 18.7 Å². The number of aliphatic hydroxyl groups is 1. The number of carbonyl (C=O) groups is 1. The van der Waals surface area contributed by atoms with Crippen molar-refractivity contribution in [1.82, 2.24) is 10.2 Å². The van der Waals surface area contributed by atoms with E-state index < -0.39 is 20.5 Å². The number of aliphatic hydroxyl groups excluding tert-OH is 1. The van der Waals surface area contributed by atoms with E-state index in [0.29, 0.717) is 6.54 Å². The fourth-order valence-electron chi connectivity index (χ4n) is 2.11. The van der Waals surface area contributed by atoms with Gasteiger partial charge >= 0.3 is 0 Å². The van der Waals surface area contributed by atoms with Crippen LogP contribution in [0, 0.1) is 0 Å². The Bertz CT molecular complexity index is 413. The predicted molar refractivity (Wildman–Crippen MR) is 73.6 cm³/mol. The van der Waals surface area contributed by atoms with Crippen molar-refractivity contribution in [3.63, 3.8) is 0 Å². The maximum absolute atomic E-state index is 12.4. The van der Waals surface area contributed by atoms with Crippen molar-refractivity contribution in [2.75, 3.05) is 32.5 Å². The first kappa shape index (κ1) is 16.4. The van der Waals surface area contributed by atoms with Crippen molar-refractivity contribution in [2.24, 2.45) is 0 Å². The smallest absolute Gasteiger partial charge is 0.243 e. The Labute approximate surface area is 115 Å². The average molecular weight is 292 g/mol. The Morgan fingerprint density at radius 1 is 1.47 bits per heavy atom. The van der Waals surface area contributed by atoms with E-state index in [0.717, 1.165) is 25.6 Å². The van der Waals surface area contributed by atoms with Crippen molar-refractivity contribution in [2.45, 2.75) is 37.5 Å². The lowest BCUT2D eigenvalue weighted by Gasteiger charge is -2.32. The summed E-state index contributed by atoms with van der Waals surface area (Å²) in [6.07, 6.45) is 3.09. The van der Waals surface area contributed by atoms with Gasteiger partial charge in [0.15, 0.2) is 9.84 Å². The van der Waals surface area contributed by atoms with Gasteiger partial charge in [-0.2, -0.15) is 0 Å². The highest BCUT2D eigenvalue weighted by molar-refractivity contribution is 7.92. The molecule has 0 spiro atoms. The largest absolute Gasteiger partial charge is 0.395 e. The number of hydrogen-bond donors (Lipinski definition) is 2. The molecule has 1 aliphatic heterocycles. The van der Waals surface area contributed by atoms with Crippen molar-refractivity contribution >= 4 is 15.7 Å². The first-order valence-corrected chi connectivity index (χ1v) is 8.42. The summed E-state index contributed by atoms with van der Waals surface area (Å²) >= 11 is 0. The molecule has 0 bridgehead atoms. The molecule has 1 heterocycles. The molecule has 1 atom stereocenters. The van der Waals surface area contributed by atoms with Crippen molar-refractivity contribution in [3.8, 4) is 0 Å². The molecule has 112 valence electrons. The van der Waals surface area contributed by atoms with E-state index in [-0.39, 0.29) is 19.2 Å². The summed E-state index contributed by atoms with van der Waals surface area (Å²) < 4.78 is 22.0. The molecule has 0 aliphatic carbocycles. The summed E-state index contributed by atoms with van der Waals surface area (Å²) in [5, 5.41) is 12.3. The van der Waals surface area contributed by atoms with Crippen LogP contribution < -0.4 is 5.32 Å². The summed E-state index contributed by atoms with van der Waals surface area (Å²) in [4.78, 5) is 13.8. The van der Waals surface area contributed by atoms with E-state index in [2.05, 4.69) is 5.32 Å². The lowest BCUT2D eigenvalue weighted by atomic mass is 10.1. The molecule has 1 unspecified atom stereocenters. The Morgan fingerprint density at radius 2 is 2.11 bits per heavy atom. The van der Waals surface area contributed by atoms with Crippen molar-refractivity contribution in [3.05, 3.63) is 0 Å². The van der Waals surface area contributed by atoms with Gasteiger partial charge in [-0.25, -0.2) is 8.42 Å². The number of nitrogens with zero attached hydrogens (tertiary/aromatic N) is 1. The first-order chi connectivity index (χ1) is 8.70. The molecule has 7 heteroatoms. The minimum absolute atomic E-state index is 0.163. The fourth-order valence-corrected chi connectivity index (χ4v) is 2.56. The van der Waals surface area contributed by atoms with Gasteiger partial charge in [0.1, 0.15) is 4.75 Å². The molecule has 2 N–H and O–H groups in total. The van der Waals surface area contributed by atoms with E-state index in [1.807, 2.05) is 0 Å². The summed E-state index contributed by atoms with van der Waals surface area (Å²) in [6, 6.07) is 0.186. The molecule has 0 radical (unpaired) electrons. The lowest BCUT2D eigenvalue weighted by Crippen LogP contribution is -2.53. The molecular weight excluding hydrogens is 268 g/mol. The minimum Gasteiger partial charge on any atom is -0.395 e. The quantitative estimate of drug-likeness (QED) is 0.681. The predicted octanol–water partition coefficient (Wildman–Crippen LogP) is -0.617. The topological polar surface area (TPSA) is 86.7 Å². The number of sulfone groups is 1. The molecule has 1 amide bonds. The number of amides is 1. The number of nitrogens with one attached hydrogen (secondary N) is 1. The minimum atomic E-state index is -3.49. The molecule has 0 saturated carbocycles. The zero-order valence-corrected chi connectivity index (χ0v) is 12.7. The van der Waals surface area contributed by atoms with E-state index in [4.69, 9.17) is 5.11 Å². The van der Waals surface area contributed by atoms with Crippen LogP contribution >= 0.6 is 0 Å². The van der Waals surface area contributed by atoms with Crippen LogP contribution in [0.25, 0.3) is 0 Å².